The second-order valence-electron chi connectivity index (χ2n) is 6.69. The van der Waals surface area contributed by atoms with Crippen LogP contribution in [0.3, 0.4) is 0 Å². The second kappa shape index (κ2) is 6.97. The average Bonchev–Trinajstić information content (AvgIpc) is 2.57. The Morgan fingerprint density at radius 3 is 2.76 bits per heavy atom. The molecule has 2 aromatic rings. The minimum absolute atomic E-state index is 0.0228. The second-order valence-corrected chi connectivity index (χ2v) is 6.69. The number of carbonyl (C=O) groups is 2. The van der Waals surface area contributed by atoms with E-state index in [1.165, 1.54) is 0 Å². The molecule has 2 aromatic carbocycles. The highest BCUT2D eigenvalue weighted by Crippen LogP contribution is 2.35. The summed E-state index contributed by atoms with van der Waals surface area (Å²) < 4.78 is 5.55. The molecule has 0 unspecified atom stereocenters. The van der Waals surface area contributed by atoms with Gasteiger partial charge in [-0.05, 0) is 37.1 Å². The van der Waals surface area contributed by atoms with Crippen molar-refractivity contribution in [2.24, 2.45) is 5.92 Å². The van der Waals surface area contributed by atoms with Crippen LogP contribution in [0.2, 0.25) is 0 Å². The Hall–Kier alpha value is -2.82. The molecule has 25 heavy (non-hydrogen) atoms. The van der Waals surface area contributed by atoms with E-state index in [0.717, 1.165) is 11.3 Å². The highest BCUT2D eigenvalue weighted by atomic mass is 16.5. The predicted molar refractivity (Wildman–Crippen MR) is 98.3 cm³/mol. The van der Waals surface area contributed by atoms with Gasteiger partial charge >= 0.3 is 0 Å². The lowest BCUT2D eigenvalue weighted by Gasteiger charge is -2.31. The van der Waals surface area contributed by atoms with E-state index in [9.17, 15) is 9.59 Å². The van der Waals surface area contributed by atoms with Gasteiger partial charge in [0.15, 0.2) is 6.61 Å². The van der Waals surface area contributed by atoms with Crippen LogP contribution in [-0.4, -0.2) is 25.0 Å². The number of aryl methyl sites for hydroxylation is 1. The number of anilines is 2. The molecule has 0 aliphatic carbocycles. The number of carbonyl (C=O) groups excluding carboxylic acids is 2. The van der Waals surface area contributed by atoms with Gasteiger partial charge in [-0.25, -0.2) is 0 Å². The van der Waals surface area contributed by atoms with E-state index in [1.54, 1.807) is 23.1 Å². The summed E-state index contributed by atoms with van der Waals surface area (Å²) in [6.07, 6.45) is 0. The normalized spacial score (nSPS) is 13.4. The van der Waals surface area contributed by atoms with Crippen LogP contribution >= 0.6 is 0 Å². The standard InChI is InChI=1S/C20H22N2O3/c1-13(2)11-22-17-8-7-16(10-18(17)25-12-19(22)23)21-20(24)15-6-4-5-14(3)9-15/h4-10,13H,11-12H2,1-3H3,(H,21,24). The van der Waals surface area contributed by atoms with Crippen molar-refractivity contribution in [3.05, 3.63) is 53.6 Å². The van der Waals surface area contributed by atoms with Crippen molar-refractivity contribution < 1.29 is 14.3 Å². The van der Waals surface area contributed by atoms with Crippen LogP contribution < -0.4 is 15.0 Å². The Morgan fingerprint density at radius 2 is 2.04 bits per heavy atom. The largest absolute Gasteiger partial charge is 0.481 e. The van der Waals surface area contributed by atoms with Crippen molar-refractivity contribution in [1.29, 1.82) is 0 Å². The Bertz CT molecular complexity index is 814. The molecule has 1 aliphatic heterocycles. The topological polar surface area (TPSA) is 58.6 Å². The SMILES string of the molecule is Cc1cccc(C(=O)Nc2ccc3c(c2)OCC(=O)N3CC(C)C)c1. The molecule has 1 aliphatic rings. The highest BCUT2D eigenvalue weighted by Gasteiger charge is 2.26. The number of hydrogen-bond acceptors (Lipinski definition) is 3. The third kappa shape index (κ3) is 3.82. The lowest BCUT2D eigenvalue weighted by Crippen LogP contribution is -2.40. The molecule has 130 valence electrons. The maximum absolute atomic E-state index is 12.4. The molecule has 0 fully saturated rings. The van der Waals surface area contributed by atoms with Crippen LogP contribution in [0.25, 0.3) is 0 Å². The molecule has 0 saturated carbocycles. The Balaban J connectivity index is 1.81. The molecule has 1 heterocycles. The van der Waals surface area contributed by atoms with Gasteiger partial charge in [-0.15, -0.1) is 0 Å². The summed E-state index contributed by atoms with van der Waals surface area (Å²) in [5, 5.41) is 2.88. The third-order valence-corrected chi connectivity index (χ3v) is 3.99. The minimum Gasteiger partial charge on any atom is -0.481 e. The first-order chi connectivity index (χ1) is 11.9. The molecule has 3 rings (SSSR count). The Kier molecular flexibility index (Phi) is 4.74. The molecule has 0 saturated heterocycles. The summed E-state index contributed by atoms with van der Waals surface area (Å²) in [6, 6.07) is 12.8. The number of ether oxygens (including phenoxy) is 1. The molecule has 2 amide bonds. The molecule has 0 radical (unpaired) electrons. The molecular formula is C20H22N2O3. The maximum atomic E-state index is 12.4. The number of fused-ring (bicyclic) bond motifs is 1. The summed E-state index contributed by atoms with van der Waals surface area (Å²) >= 11 is 0. The first-order valence-electron chi connectivity index (χ1n) is 8.39. The van der Waals surface area contributed by atoms with Gasteiger partial charge in [-0.2, -0.15) is 0 Å². The first-order valence-corrected chi connectivity index (χ1v) is 8.39. The van der Waals surface area contributed by atoms with E-state index in [0.29, 0.717) is 29.5 Å². The van der Waals surface area contributed by atoms with Gasteiger partial charge in [0.25, 0.3) is 11.8 Å². The van der Waals surface area contributed by atoms with E-state index in [2.05, 4.69) is 19.2 Å². The van der Waals surface area contributed by atoms with Crippen molar-refractivity contribution in [2.75, 3.05) is 23.4 Å². The number of benzene rings is 2. The summed E-state index contributed by atoms with van der Waals surface area (Å²) in [5.74, 6) is 0.755. The van der Waals surface area contributed by atoms with Gasteiger partial charge in [0.2, 0.25) is 0 Å². The first kappa shape index (κ1) is 17.0. The number of rotatable bonds is 4. The highest BCUT2D eigenvalue weighted by molar-refractivity contribution is 6.05. The predicted octanol–water partition coefficient (Wildman–Crippen LogP) is 3.63. The average molecular weight is 338 g/mol. The van der Waals surface area contributed by atoms with Gasteiger partial charge in [-0.3, -0.25) is 9.59 Å². The molecule has 0 spiro atoms. The van der Waals surface area contributed by atoms with E-state index < -0.39 is 0 Å². The number of amides is 2. The van der Waals surface area contributed by atoms with Crippen molar-refractivity contribution in [2.45, 2.75) is 20.8 Å². The van der Waals surface area contributed by atoms with Crippen LogP contribution in [0.5, 0.6) is 5.75 Å². The minimum atomic E-state index is -0.172. The maximum Gasteiger partial charge on any atom is 0.265 e. The fraction of sp³-hybridized carbons (Fsp3) is 0.300. The van der Waals surface area contributed by atoms with Gasteiger partial charge in [0.1, 0.15) is 5.75 Å². The third-order valence-electron chi connectivity index (χ3n) is 3.99. The molecule has 5 heteroatoms. The fourth-order valence-electron chi connectivity index (χ4n) is 2.84. The zero-order valence-corrected chi connectivity index (χ0v) is 14.7. The Morgan fingerprint density at radius 1 is 1.24 bits per heavy atom. The van der Waals surface area contributed by atoms with Crippen molar-refractivity contribution in [3.8, 4) is 5.75 Å². The van der Waals surface area contributed by atoms with Crippen molar-refractivity contribution in [3.63, 3.8) is 0 Å². The Labute approximate surface area is 147 Å². The van der Waals surface area contributed by atoms with Crippen LogP contribution in [-0.2, 0) is 4.79 Å². The van der Waals surface area contributed by atoms with Gasteiger partial charge in [-0.1, -0.05) is 31.5 Å². The monoisotopic (exact) mass is 338 g/mol. The lowest BCUT2D eigenvalue weighted by molar-refractivity contribution is -0.121. The molecule has 0 aromatic heterocycles. The summed E-state index contributed by atoms with van der Waals surface area (Å²) in [5.41, 5.74) is 3.03. The van der Waals surface area contributed by atoms with E-state index in [1.807, 2.05) is 31.2 Å². The van der Waals surface area contributed by atoms with Gasteiger partial charge < -0.3 is 15.0 Å². The van der Waals surface area contributed by atoms with Crippen LogP contribution in [0, 0.1) is 12.8 Å². The fourth-order valence-corrected chi connectivity index (χ4v) is 2.84. The lowest BCUT2D eigenvalue weighted by atomic mass is 10.1. The van der Waals surface area contributed by atoms with E-state index in [4.69, 9.17) is 4.74 Å². The van der Waals surface area contributed by atoms with Gasteiger partial charge in [0, 0.05) is 23.9 Å². The zero-order chi connectivity index (χ0) is 18.0. The van der Waals surface area contributed by atoms with E-state index >= 15 is 0 Å². The van der Waals surface area contributed by atoms with Crippen molar-refractivity contribution >= 4 is 23.2 Å². The molecule has 1 N–H and O–H groups in total. The quantitative estimate of drug-likeness (QED) is 0.926. The number of nitrogens with zero attached hydrogens (tertiary/aromatic N) is 1. The number of nitrogens with one attached hydrogen (secondary N) is 1. The van der Waals surface area contributed by atoms with Crippen LogP contribution in [0.4, 0.5) is 11.4 Å². The smallest absolute Gasteiger partial charge is 0.265 e. The molecule has 5 nitrogen and oxygen atoms in total. The van der Waals surface area contributed by atoms with Crippen molar-refractivity contribution in [1.82, 2.24) is 0 Å². The summed E-state index contributed by atoms with van der Waals surface area (Å²) in [7, 11) is 0. The molecule has 0 bridgehead atoms. The summed E-state index contributed by atoms with van der Waals surface area (Å²) in [6.45, 7) is 6.75. The zero-order valence-electron chi connectivity index (χ0n) is 14.7. The molecule has 0 atom stereocenters. The van der Waals surface area contributed by atoms with Crippen LogP contribution in [0.15, 0.2) is 42.5 Å². The van der Waals surface area contributed by atoms with Gasteiger partial charge in [0.05, 0.1) is 5.69 Å². The van der Waals surface area contributed by atoms with Crippen LogP contribution in [0.1, 0.15) is 29.8 Å². The number of hydrogen-bond donors (Lipinski definition) is 1. The van der Waals surface area contributed by atoms with E-state index in [-0.39, 0.29) is 18.4 Å². The summed E-state index contributed by atoms with van der Waals surface area (Å²) in [4.78, 5) is 26.2. The molecular weight excluding hydrogens is 316 g/mol.